The van der Waals surface area contributed by atoms with E-state index in [0.29, 0.717) is 5.01 Å². The molecule has 0 amide bonds. The van der Waals surface area contributed by atoms with E-state index in [2.05, 4.69) is 11.9 Å². The fourth-order valence-electron chi connectivity index (χ4n) is 2.91. The molecule has 1 aliphatic rings. The van der Waals surface area contributed by atoms with Crippen LogP contribution in [0, 0.1) is 5.92 Å². The molecule has 1 aromatic carbocycles. The first-order valence-electron chi connectivity index (χ1n) is 7.36. The van der Waals surface area contributed by atoms with E-state index in [4.69, 9.17) is 0 Å². The number of hydrogen-bond donors (Lipinski definition) is 0. The van der Waals surface area contributed by atoms with Gasteiger partial charge in [0.15, 0.2) is 5.01 Å². The molecule has 1 heterocycles. The Kier molecular flexibility index (Phi) is 3.97. The van der Waals surface area contributed by atoms with Crippen LogP contribution in [0.5, 0.6) is 0 Å². The van der Waals surface area contributed by atoms with Crippen molar-refractivity contribution in [1.82, 2.24) is 4.98 Å². The summed E-state index contributed by atoms with van der Waals surface area (Å²) < 4.78 is 0. The Hall–Kier alpha value is -1.48. The summed E-state index contributed by atoms with van der Waals surface area (Å²) >= 11 is 1.61. The van der Waals surface area contributed by atoms with Gasteiger partial charge < -0.3 is 0 Å². The zero-order valence-corrected chi connectivity index (χ0v) is 12.6. The van der Waals surface area contributed by atoms with Crippen molar-refractivity contribution in [2.75, 3.05) is 0 Å². The van der Waals surface area contributed by atoms with Crippen LogP contribution < -0.4 is 0 Å². The number of fused-ring (bicyclic) bond motifs is 1. The van der Waals surface area contributed by atoms with E-state index >= 15 is 0 Å². The van der Waals surface area contributed by atoms with Crippen LogP contribution in [0.3, 0.4) is 0 Å². The Labute approximate surface area is 123 Å². The zero-order chi connectivity index (χ0) is 13.9. The second-order valence-corrected chi connectivity index (χ2v) is 6.57. The third-order valence-corrected chi connectivity index (χ3v) is 5.09. The largest absolute Gasteiger partial charge is 0.286 e. The molecule has 104 valence electrons. The molecular weight excluding hydrogens is 266 g/mol. The highest BCUT2D eigenvalue weighted by Gasteiger charge is 2.24. The van der Waals surface area contributed by atoms with Gasteiger partial charge in [0.2, 0.25) is 5.78 Å². The van der Waals surface area contributed by atoms with Gasteiger partial charge in [-0.05, 0) is 25.2 Å². The van der Waals surface area contributed by atoms with Gasteiger partial charge in [-0.3, -0.25) is 4.79 Å². The van der Waals surface area contributed by atoms with E-state index in [-0.39, 0.29) is 5.78 Å². The summed E-state index contributed by atoms with van der Waals surface area (Å²) in [6.07, 6.45) is 5.92. The van der Waals surface area contributed by atoms with Gasteiger partial charge in [-0.15, -0.1) is 11.3 Å². The topological polar surface area (TPSA) is 30.0 Å². The lowest BCUT2D eigenvalue weighted by atomic mass is 9.88. The number of ketones is 1. The first-order valence-corrected chi connectivity index (χ1v) is 8.18. The normalized spacial score (nSPS) is 17.8. The molecule has 0 saturated heterocycles. The average Bonchev–Trinajstić information content (AvgIpc) is 2.91. The Morgan fingerprint density at radius 1 is 1.35 bits per heavy atom. The maximum Gasteiger partial charge on any atom is 0.221 e. The van der Waals surface area contributed by atoms with Gasteiger partial charge in [0, 0.05) is 10.4 Å². The summed E-state index contributed by atoms with van der Waals surface area (Å²) in [5.41, 5.74) is 1.91. The number of rotatable bonds is 4. The van der Waals surface area contributed by atoms with Gasteiger partial charge in [0.05, 0.1) is 5.69 Å². The number of hydrogen-bond acceptors (Lipinski definition) is 3. The summed E-state index contributed by atoms with van der Waals surface area (Å²) in [6.45, 7) is 2.24. The van der Waals surface area contributed by atoms with Crippen LogP contribution in [-0.2, 0) is 12.8 Å². The van der Waals surface area contributed by atoms with E-state index in [1.165, 1.54) is 29.8 Å². The summed E-state index contributed by atoms with van der Waals surface area (Å²) in [6, 6.07) is 9.46. The van der Waals surface area contributed by atoms with E-state index < -0.39 is 0 Å². The van der Waals surface area contributed by atoms with E-state index in [9.17, 15) is 4.79 Å². The number of thiazole rings is 1. The first-order chi connectivity index (χ1) is 9.78. The minimum Gasteiger partial charge on any atom is -0.286 e. The number of carbonyl (C=O) groups is 1. The Morgan fingerprint density at radius 2 is 2.15 bits per heavy atom. The third-order valence-electron chi connectivity index (χ3n) is 3.97. The molecule has 0 spiro atoms. The molecule has 1 unspecified atom stereocenters. The lowest BCUT2D eigenvalue weighted by molar-refractivity contribution is 0.103. The summed E-state index contributed by atoms with van der Waals surface area (Å²) in [4.78, 5) is 18.4. The number of aryl methyl sites for hydroxylation is 1. The molecule has 2 aromatic rings. The zero-order valence-electron chi connectivity index (χ0n) is 11.8. The molecule has 0 N–H and O–H groups in total. The lowest BCUT2D eigenvalue weighted by Crippen LogP contribution is -2.12. The number of carbonyl (C=O) groups excluding carboxylic acids is 1. The van der Waals surface area contributed by atoms with Crippen molar-refractivity contribution in [1.29, 1.82) is 0 Å². The molecule has 3 heteroatoms. The highest BCUT2D eigenvalue weighted by atomic mass is 32.1. The number of aromatic nitrogens is 1. The predicted molar refractivity (Wildman–Crippen MR) is 82.4 cm³/mol. The second kappa shape index (κ2) is 5.88. The molecule has 0 aliphatic heterocycles. The molecule has 3 rings (SSSR count). The molecule has 1 aliphatic carbocycles. The van der Waals surface area contributed by atoms with Crippen molar-refractivity contribution in [2.24, 2.45) is 5.92 Å². The van der Waals surface area contributed by atoms with Crippen molar-refractivity contribution in [3.63, 3.8) is 0 Å². The van der Waals surface area contributed by atoms with E-state index in [1.54, 1.807) is 11.3 Å². The maximum atomic E-state index is 12.4. The fraction of sp³-hybridized carbons (Fsp3) is 0.412. The van der Waals surface area contributed by atoms with Gasteiger partial charge in [0.25, 0.3) is 0 Å². The van der Waals surface area contributed by atoms with Gasteiger partial charge in [-0.2, -0.15) is 0 Å². The molecule has 0 bridgehead atoms. The van der Waals surface area contributed by atoms with Crippen LogP contribution in [0.4, 0.5) is 0 Å². The minimum atomic E-state index is 0.0667. The minimum absolute atomic E-state index is 0.0667. The quantitative estimate of drug-likeness (QED) is 0.785. The molecular formula is C17H19NOS. The molecule has 0 fully saturated rings. The van der Waals surface area contributed by atoms with Gasteiger partial charge >= 0.3 is 0 Å². The highest BCUT2D eigenvalue weighted by Crippen LogP contribution is 2.32. The monoisotopic (exact) mass is 285 g/mol. The maximum absolute atomic E-state index is 12.4. The standard InChI is InChI=1S/C17H19NOS/c1-2-6-12-9-10-14-15(11-12)20-17(18-14)16(19)13-7-4-3-5-8-13/h3-5,7-8,12H,2,6,9-11H2,1H3. The van der Waals surface area contributed by atoms with Crippen LogP contribution in [0.25, 0.3) is 0 Å². The molecule has 1 aromatic heterocycles. The van der Waals surface area contributed by atoms with Gasteiger partial charge in [0.1, 0.15) is 0 Å². The van der Waals surface area contributed by atoms with E-state index in [0.717, 1.165) is 24.3 Å². The van der Waals surface area contributed by atoms with Crippen molar-refractivity contribution in [3.8, 4) is 0 Å². The first kappa shape index (κ1) is 13.5. The van der Waals surface area contributed by atoms with E-state index in [1.807, 2.05) is 30.3 Å². The average molecular weight is 285 g/mol. The van der Waals surface area contributed by atoms with Crippen molar-refractivity contribution in [2.45, 2.75) is 39.0 Å². The van der Waals surface area contributed by atoms with Crippen molar-refractivity contribution in [3.05, 3.63) is 51.5 Å². The molecule has 0 saturated carbocycles. The predicted octanol–water partition coefficient (Wildman–Crippen LogP) is 4.28. The van der Waals surface area contributed by atoms with Crippen LogP contribution >= 0.6 is 11.3 Å². The van der Waals surface area contributed by atoms with Crippen molar-refractivity contribution < 1.29 is 4.79 Å². The number of benzene rings is 1. The summed E-state index contributed by atoms with van der Waals surface area (Å²) in [7, 11) is 0. The molecule has 20 heavy (non-hydrogen) atoms. The van der Waals surface area contributed by atoms with Crippen LogP contribution in [0.1, 0.15) is 52.1 Å². The molecule has 1 atom stereocenters. The lowest BCUT2D eigenvalue weighted by Gasteiger charge is -2.20. The fourth-order valence-corrected chi connectivity index (χ4v) is 4.09. The van der Waals surface area contributed by atoms with Gasteiger partial charge in [-0.1, -0.05) is 50.1 Å². The third kappa shape index (κ3) is 2.68. The second-order valence-electron chi connectivity index (χ2n) is 5.48. The Balaban J connectivity index is 1.82. The Bertz CT molecular complexity index is 603. The molecule has 0 radical (unpaired) electrons. The SMILES string of the molecule is CCCC1CCc2nc(C(=O)c3ccccc3)sc2C1. The van der Waals surface area contributed by atoms with Crippen molar-refractivity contribution >= 4 is 17.1 Å². The summed E-state index contributed by atoms with van der Waals surface area (Å²) in [5.74, 6) is 0.852. The van der Waals surface area contributed by atoms with Gasteiger partial charge in [-0.25, -0.2) is 4.98 Å². The highest BCUT2D eigenvalue weighted by molar-refractivity contribution is 7.14. The summed E-state index contributed by atoms with van der Waals surface area (Å²) in [5, 5.41) is 0.665. The van der Waals surface area contributed by atoms with Crippen LogP contribution in [0.15, 0.2) is 30.3 Å². The molecule has 2 nitrogen and oxygen atoms in total. The number of nitrogens with zero attached hydrogens (tertiary/aromatic N) is 1. The van der Waals surface area contributed by atoms with Crippen LogP contribution in [-0.4, -0.2) is 10.8 Å². The Morgan fingerprint density at radius 3 is 2.90 bits per heavy atom. The van der Waals surface area contributed by atoms with Crippen LogP contribution in [0.2, 0.25) is 0 Å². The smallest absolute Gasteiger partial charge is 0.221 e.